The van der Waals surface area contributed by atoms with Gasteiger partial charge >= 0.3 is 0 Å². The Kier molecular flexibility index (Phi) is 11.5. The molecule has 0 radical (unpaired) electrons. The third-order valence-corrected chi connectivity index (χ3v) is 2.89. The zero-order chi connectivity index (χ0) is 15.2. The number of hydrogen-bond donors (Lipinski definition) is 2. The topological polar surface area (TPSA) is 77.4 Å². The fourth-order valence-electron chi connectivity index (χ4n) is 1.60. The van der Waals surface area contributed by atoms with Crippen LogP contribution >= 0.6 is 0 Å². The first-order valence-corrected chi connectivity index (χ1v) is 7.02. The first-order chi connectivity index (χ1) is 9.69. The number of carbonyl (C=O) groups excluding carboxylic acids is 1. The average Bonchev–Trinajstić information content (AvgIpc) is 2.47. The molecule has 0 spiro atoms. The lowest BCUT2D eigenvalue weighted by molar-refractivity contribution is -0.117. The maximum absolute atomic E-state index is 11.7. The number of amides is 1. The summed E-state index contributed by atoms with van der Waals surface area (Å²) in [7, 11) is 1.61. The molecule has 6 nitrogen and oxygen atoms in total. The summed E-state index contributed by atoms with van der Waals surface area (Å²) < 4.78 is 4.89. The summed E-state index contributed by atoms with van der Waals surface area (Å²) >= 11 is 0. The van der Waals surface area contributed by atoms with Crippen LogP contribution < -0.4 is 10.6 Å². The maximum Gasteiger partial charge on any atom is 0.263 e. The van der Waals surface area contributed by atoms with Crippen molar-refractivity contribution in [2.45, 2.75) is 20.3 Å². The number of nitriles is 1. The normalized spacial score (nSPS) is 11.2. The first kappa shape index (κ1) is 18.4. The number of nitrogens with zero attached hydrogens (tertiary/aromatic N) is 2. The summed E-state index contributed by atoms with van der Waals surface area (Å²) in [5.41, 5.74) is 0.0990. The maximum atomic E-state index is 11.7. The molecular weight excluding hydrogens is 256 g/mol. The number of hydrogen-bond acceptors (Lipinski definition) is 5. The van der Waals surface area contributed by atoms with Crippen LogP contribution in [0.4, 0.5) is 0 Å². The number of rotatable bonds is 11. The molecule has 0 aliphatic heterocycles. The predicted octanol–water partition coefficient (Wildman–Crippen LogP) is 0.478. The number of methoxy groups -OCH3 is 1. The molecule has 1 amide bonds. The molecule has 0 aromatic heterocycles. The Balaban J connectivity index is 4.02. The number of nitrogens with one attached hydrogen (secondary N) is 2. The van der Waals surface area contributed by atoms with E-state index in [0.717, 1.165) is 26.1 Å². The molecule has 0 aromatic carbocycles. The number of carbonyl (C=O) groups is 1. The van der Waals surface area contributed by atoms with Gasteiger partial charge in [0.1, 0.15) is 11.6 Å². The minimum atomic E-state index is -0.348. The van der Waals surface area contributed by atoms with E-state index < -0.39 is 0 Å². The summed E-state index contributed by atoms with van der Waals surface area (Å²) in [5.74, 6) is -0.348. The van der Waals surface area contributed by atoms with E-state index in [1.54, 1.807) is 7.11 Å². The molecule has 0 heterocycles. The molecule has 0 saturated heterocycles. The van der Waals surface area contributed by atoms with Gasteiger partial charge in [0.05, 0.1) is 0 Å². The van der Waals surface area contributed by atoms with Gasteiger partial charge in [-0.1, -0.05) is 13.8 Å². The first-order valence-electron chi connectivity index (χ1n) is 7.02. The standard InChI is InChI=1S/C14H26N4O2/c1-4-18(5-2)9-8-16-12-13(11-15)14(19)17-7-6-10-20-3/h12,16H,4-10H2,1-3H3,(H,17,19)/b13-12-. The summed E-state index contributed by atoms with van der Waals surface area (Å²) in [6, 6.07) is 1.90. The molecule has 6 heteroatoms. The van der Waals surface area contributed by atoms with Crippen LogP contribution in [0.15, 0.2) is 11.8 Å². The molecule has 0 rings (SSSR count). The van der Waals surface area contributed by atoms with Crippen LogP contribution in [0.3, 0.4) is 0 Å². The average molecular weight is 282 g/mol. The molecule has 0 aliphatic rings. The van der Waals surface area contributed by atoms with Crippen LogP contribution in [0.2, 0.25) is 0 Å². The Morgan fingerprint density at radius 3 is 2.60 bits per heavy atom. The van der Waals surface area contributed by atoms with Crippen molar-refractivity contribution in [3.63, 3.8) is 0 Å². The van der Waals surface area contributed by atoms with Gasteiger partial charge in [0.15, 0.2) is 0 Å². The van der Waals surface area contributed by atoms with Crippen molar-refractivity contribution in [1.29, 1.82) is 5.26 Å². The SMILES string of the molecule is CCN(CC)CCN/C=C(/C#N)C(=O)NCCCOC. The van der Waals surface area contributed by atoms with Crippen LogP contribution in [0, 0.1) is 11.3 Å². The lowest BCUT2D eigenvalue weighted by Crippen LogP contribution is -2.31. The van der Waals surface area contributed by atoms with E-state index in [4.69, 9.17) is 10.00 Å². The van der Waals surface area contributed by atoms with E-state index in [9.17, 15) is 4.79 Å². The van der Waals surface area contributed by atoms with Gasteiger partial charge < -0.3 is 20.3 Å². The van der Waals surface area contributed by atoms with Gasteiger partial charge in [-0.25, -0.2) is 0 Å². The number of ether oxygens (including phenoxy) is 1. The van der Waals surface area contributed by atoms with E-state index in [1.807, 2.05) is 6.07 Å². The van der Waals surface area contributed by atoms with Gasteiger partial charge in [-0.05, 0) is 19.5 Å². The highest BCUT2D eigenvalue weighted by molar-refractivity contribution is 5.97. The molecule has 0 aliphatic carbocycles. The Bertz CT molecular complexity index is 333. The summed E-state index contributed by atoms with van der Waals surface area (Å²) in [5, 5.41) is 14.6. The van der Waals surface area contributed by atoms with E-state index in [1.165, 1.54) is 6.20 Å². The fraction of sp³-hybridized carbons (Fsp3) is 0.714. The quantitative estimate of drug-likeness (QED) is 0.327. The van der Waals surface area contributed by atoms with Gasteiger partial charge in [0.25, 0.3) is 5.91 Å². The number of likely N-dealkylation sites (N-methyl/N-ethyl adjacent to an activating group) is 1. The molecule has 0 saturated carbocycles. The van der Waals surface area contributed by atoms with Crippen LogP contribution in [0.25, 0.3) is 0 Å². The largest absolute Gasteiger partial charge is 0.388 e. The van der Waals surface area contributed by atoms with E-state index >= 15 is 0 Å². The van der Waals surface area contributed by atoms with Crippen molar-refractivity contribution in [3.8, 4) is 6.07 Å². The second-order valence-corrected chi connectivity index (χ2v) is 4.25. The van der Waals surface area contributed by atoms with Gasteiger partial charge in [-0.3, -0.25) is 4.79 Å². The fourth-order valence-corrected chi connectivity index (χ4v) is 1.60. The Labute approximate surface area is 121 Å². The van der Waals surface area contributed by atoms with Crippen molar-refractivity contribution in [2.75, 3.05) is 46.4 Å². The molecule has 0 bridgehead atoms. The van der Waals surface area contributed by atoms with Crippen molar-refractivity contribution >= 4 is 5.91 Å². The lowest BCUT2D eigenvalue weighted by atomic mass is 10.3. The van der Waals surface area contributed by atoms with Gasteiger partial charge in [0, 0.05) is 39.6 Å². The Morgan fingerprint density at radius 2 is 2.05 bits per heavy atom. The lowest BCUT2D eigenvalue weighted by Gasteiger charge is -2.17. The molecule has 2 N–H and O–H groups in total. The minimum absolute atomic E-state index is 0.0990. The molecule has 0 aromatic rings. The zero-order valence-corrected chi connectivity index (χ0v) is 12.7. The molecule has 0 unspecified atom stereocenters. The molecule has 114 valence electrons. The Hall–Kier alpha value is -1.58. The molecule has 0 fully saturated rings. The van der Waals surface area contributed by atoms with E-state index in [-0.39, 0.29) is 11.5 Å². The highest BCUT2D eigenvalue weighted by Crippen LogP contribution is 1.91. The second kappa shape index (κ2) is 12.5. The summed E-state index contributed by atoms with van der Waals surface area (Å²) in [6.07, 6.45) is 2.21. The summed E-state index contributed by atoms with van der Waals surface area (Å²) in [4.78, 5) is 13.9. The summed E-state index contributed by atoms with van der Waals surface area (Å²) in [6.45, 7) is 8.89. The second-order valence-electron chi connectivity index (χ2n) is 4.25. The van der Waals surface area contributed by atoms with Crippen LogP contribution in [-0.2, 0) is 9.53 Å². The van der Waals surface area contributed by atoms with Crippen molar-refractivity contribution in [2.24, 2.45) is 0 Å². The smallest absolute Gasteiger partial charge is 0.263 e. The van der Waals surface area contributed by atoms with Gasteiger partial charge in [0.2, 0.25) is 0 Å². The monoisotopic (exact) mass is 282 g/mol. The van der Waals surface area contributed by atoms with E-state index in [2.05, 4.69) is 29.4 Å². The highest BCUT2D eigenvalue weighted by atomic mass is 16.5. The third-order valence-electron chi connectivity index (χ3n) is 2.89. The molecule has 20 heavy (non-hydrogen) atoms. The minimum Gasteiger partial charge on any atom is -0.388 e. The Morgan fingerprint density at radius 1 is 1.35 bits per heavy atom. The van der Waals surface area contributed by atoms with Crippen molar-refractivity contribution < 1.29 is 9.53 Å². The highest BCUT2D eigenvalue weighted by Gasteiger charge is 2.07. The van der Waals surface area contributed by atoms with Crippen LogP contribution in [0.1, 0.15) is 20.3 Å². The van der Waals surface area contributed by atoms with Crippen LogP contribution in [0.5, 0.6) is 0 Å². The predicted molar refractivity (Wildman–Crippen MR) is 79.0 cm³/mol. The van der Waals surface area contributed by atoms with Gasteiger partial charge in [-0.15, -0.1) is 0 Å². The van der Waals surface area contributed by atoms with Gasteiger partial charge in [-0.2, -0.15) is 5.26 Å². The van der Waals surface area contributed by atoms with E-state index in [0.29, 0.717) is 19.7 Å². The molecular formula is C14H26N4O2. The zero-order valence-electron chi connectivity index (χ0n) is 12.7. The molecule has 0 atom stereocenters. The third kappa shape index (κ3) is 8.51. The van der Waals surface area contributed by atoms with Crippen LogP contribution in [-0.4, -0.2) is 57.2 Å². The van der Waals surface area contributed by atoms with Crippen molar-refractivity contribution in [3.05, 3.63) is 11.8 Å². The van der Waals surface area contributed by atoms with Crippen molar-refractivity contribution in [1.82, 2.24) is 15.5 Å².